The third-order valence-electron chi connectivity index (χ3n) is 3.51. The molecular weight excluding hydrogens is 228 g/mol. The van der Waals surface area contributed by atoms with E-state index in [-0.39, 0.29) is 6.03 Å². The maximum Gasteiger partial charge on any atom is 0.312 e. The van der Waals surface area contributed by atoms with Crippen molar-refractivity contribution in [2.24, 2.45) is 5.73 Å². The zero-order valence-corrected chi connectivity index (χ0v) is 11.8. The van der Waals surface area contributed by atoms with Crippen molar-refractivity contribution in [1.82, 2.24) is 15.1 Å². The summed E-state index contributed by atoms with van der Waals surface area (Å²) in [6, 6.07) is -0.0295. The van der Waals surface area contributed by atoms with E-state index in [4.69, 9.17) is 5.73 Å². The molecule has 0 aromatic rings. The second-order valence-electron chi connectivity index (χ2n) is 5.50. The van der Waals surface area contributed by atoms with E-state index in [1.54, 1.807) is 0 Å². The fourth-order valence-corrected chi connectivity index (χ4v) is 2.61. The smallest absolute Gasteiger partial charge is 0.312 e. The summed E-state index contributed by atoms with van der Waals surface area (Å²) in [6.07, 6.45) is 7.28. The van der Waals surface area contributed by atoms with Gasteiger partial charge in [0, 0.05) is 19.1 Å². The van der Waals surface area contributed by atoms with Crippen molar-refractivity contribution >= 4 is 6.03 Å². The number of nitrogens with one attached hydrogen (secondary N) is 1. The van der Waals surface area contributed by atoms with Crippen LogP contribution < -0.4 is 11.1 Å². The quantitative estimate of drug-likeness (QED) is 0.741. The Kier molecular flexibility index (Phi) is 7.05. The fourth-order valence-electron chi connectivity index (χ4n) is 2.61. The molecule has 0 spiro atoms. The molecule has 5 nitrogen and oxygen atoms in total. The highest BCUT2D eigenvalue weighted by Crippen LogP contribution is 2.16. The van der Waals surface area contributed by atoms with Gasteiger partial charge in [-0.2, -0.15) is 0 Å². The molecular formula is C13H28N4O. The van der Waals surface area contributed by atoms with E-state index in [0.717, 1.165) is 19.5 Å². The lowest BCUT2D eigenvalue weighted by Crippen LogP contribution is -2.40. The molecule has 0 aromatic carbocycles. The van der Waals surface area contributed by atoms with E-state index in [0.29, 0.717) is 6.04 Å². The lowest BCUT2D eigenvalue weighted by atomic mass is 9.96. The number of amides is 2. The number of hydrogen-bond acceptors (Lipinski definition) is 3. The summed E-state index contributed by atoms with van der Waals surface area (Å²) in [7, 11) is 4.32. The van der Waals surface area contributed by atoms with Crippen molar-refractivity contribution in [1.29, 1.82) is 0 Å². The molecule has 3 N–H and O–H groups in total. The summed E-state index contributed by atoms with van der Waals surface area (Å²) >= 11 is 0. The molecule has 0 aromatic heterocycles. The van der Waals surface area contributed by atoms with Crippen LogP contribution in [0, 0.1) is 0 Å². The van der Waals surface area contributed by atoms with E-state index in [2.05, 4.69) is 29.2 Å². The summed E-state index contributed by atoms with van der Waals surface area (Å²) < 4.78 is 0. The molecule has 106 valence electrons. The van der Waals surface area contributed by atoms with Gasteiger partial charge in [-0.3, -0.25) is 9.80 Å². The molecule has 0 atom stereocenters. The zero-order valence-electron chi connectivity index (χ0n) is 11.8. The molecule has 2 fully saturated rings. The Balaban J connectivity index is 0.000000184. The first kappa shape index (κ1) is 15.2. The van der Waals surface area contributed by atoms with Gasteiger partial charge in [0.1, 0.15) is 0 Å². The molecule has 5 heteroatoms. The highest BCUT2D eigenvalue weighted by molar-refractivity contribution is 5.71. The SMILES string of the molecule is CN1CCCN(C)C1.NC(=O)NC1CCCCC1. The summed E-state index contributed by atoms with van der Waals surface area (Å²) in [5.74, 6) is 0. The Morgan fingerprint density at radius 1 is 1.06 bits per heavy atom. The van der Waals surface area contributed by atoms with Gasteiger partial charge >= 0.3 is 6.03 Å². The van der Waals surface area contributed by atoms with Crippen LogP contribution in [-0.2, 0) is 0 Å². The predicted molar refractivity (Wildman–Crippen MR) is 74.3 cm³/mol. The zero-order chi connectivity index (χ0) is 13.4. The van der Waals surface area contributed by atoms with Gasteiger partial charge in [0.15, 0.2) is 0 Å². The van der Waals surface area contributed by atoms with Crippen LogP contribution in [0.2, 0.25) is 0 Å². The van der Waals surface area contributed by atoms with Gasteiger partial charge < -0.3 is 11.1 Å². The Morgan fingerprint density at radius 2 is 1.61 bits per heavy atom. The second-order valence-corrected chi connectivity index (χ2v) is 5.50. The molecule has 0 unspecified atom stereocenters. The number of carbonyl (C=O) groups is 1. The van der Waals surface area contributed by atoms with Crippen LogP contribution in [0.25, 0.3) is 0 Å². The average molecular weight is 256 g/mol. The molecule has 2 aliphatic rings. The van der Waals surface area contributed by atoms with Gasteiger partial charge in [-0.05, 0) is 33.4 Å². The highest BCUT2D eigenvalue weighted by atomic mass is 16.2. The van der Waals surface area contributed by atoms with Crippen molar-refractivity contribution in [3.63, 3.8) is 0 Å². The summed E-state index contributed by atoms with van der Waals surface area (Å²) in [5, 5.41) is 2.72. The van der Waals surface area contributed by atoms with Gasteiger partial charge in [0.2, 0.25) is 0 Å². The standard InChI is InChI=1S/C7H14N2O.C6H14N2/c8-7(10)9-6-4-2-1-3-5-6;1-7-4-3-5-8(2)6-7/h6H,1-5H2,(H3,8,9,10);3-6H2,1-2H3. The number of hydrogen-bond donors (Lipinski definition) is 2. The average Bonchev–Trinajstić information content (AvgIpc) is 2.30. The van der Waals surface area contributed by atoms with E-state index in [1.807, 2.05) is 0 Å². The minimum Gasteiger partial charge on any atom is -0.352 e. The Bertz CT molecular complexity index is 233. The topological polar surface area (TPSA) is 61.6 Å². The van der Waals surface area contributed by atoms with Crippen LogP contribution in [0.3, 0.4) is 0 Å². The third-order valence-corrected chi connectivity index (χ3v) is 3.51. The highest BCUT2D eigenvalue weighted by Gasteiger charge is 2.13. The number of rotatable bonds is 1. The Morgan fingerprint density at radius 3 is 2.00 bits per heavy atom. The van der Waals surface area contributed by atoms with Gasteiger partial charge in [-0.1, -0.05) is 19.3 Å². The number of urea groups is 1. The minimum atomic E-state index is -0.382. The molecule has 2 rings (SSSR count). The summed E-state index contributed by atoms with van der Waals surface area (Å²) in [4.78, 5) is 15.1. The van der Waals surface area contributed by atoms with Gasteiger partial charge in [-0.15, -0.1) is 0 Å². The number of primary amides is 1. The fraction of sp³-hybridized carbons (Fsp3) is 0.923. The number of nitrogens with two attached hydrogens (primary N) is 1. The molecule has 1 aliphatic carbocycles. The van der Waals surface area contributed by atoms with Crippen LogP contribution in [0.4, 0.5) is 4.79 Å². The number of nitrogens with zero attached hydrogens (tertiary/aromatic N) is 2. The lowest BCUT2D eigenvalue weighted by Gasteiger charge is -2.29. The Labute approximate surface area is 111 Å². The first-order valence-electron chi connectivity index (χ1n) is 7.01. The molecule has 1 aliphatic heterocycles. The molecule has 0 bridgehead atoms. The molecule has 0 radical (unpaired) electrons. The Hall–Kier alpha value is -0.810. The van der Waals surface area contributed by atoms with E-state index in [9.17, 15) is 4.79 Å². The van der Waals surface area contributed by atoms with Crippen LogP contribution in [0.1, 0.15) is 38.5 Å². The summed E-state index contributed by atoms with van der Waals surface area (Å²) in [6.45, 7) is 3.68. The second kappa shape index (κ2) is 8.32. The van der Waals surface area contributed by atoms with Crippen LogP contribution >= 0.6 is 0 Å². The van der Waals surface area contributed by atoms with Crippen molar-refractivity contribution in [3.8, 4) is 0 Å². The molecule has 1 saturated carbocycles. The minimum absolute atomic E-state index is 0.353. The largest absolute Gasteiger partial charge is 0.352 e. The number of carbonyl (C=O) groups excluding carboxylic acids is 1. The van der Waals surface area contributed by atoms with Gasteiger partial charge in [0.25, 0.3) is 0 Å². The van der Waals surface area contributed by atoms with E-state index < -0.39 is 0 Å². The normalized spacial score (nSPS) is 23.0. The first-order chi connectivity index (χ1) is 8.58. The van der Waals surface area contributed by atoms with Crippen molar-refractivity contribution in [2.75, 3.05) is 33.9 Å². The molecule has 1 saturated heterocycles. The van der Waals surface area contributed by atoms with Crippen LogP contribution in [0.5, 0.6) is 0 Å². The van der Waals surface area contributed by atoms with Crippen molar-refractivity contribution < 1.29 is 4.79 Å². The molecule has 2 amide bonds. The molecule has 1 heterocycles. The van der Waals surface area contributed by atoms with Crippen LogP contribution in [-0.4, -0.2) is 55.7 Å². The maximum atomic E-state index is 10.4. The van der Waals surface area contributed by atoms with E-state index in [1.165, 1.54) is 38.8 Å². The third kappa shape index (κ3) is 6.81. The first-order valence-corrected chi connectivity index (χ1v) is 7.01. The van der Waals surface area contributed by atoms with Gasteiger partial charge in [-0.25, -0.2) is 4.79 Å². The molecule has 18 heavy (non-hydrogen) atoms. The maximum absolute atomic E-state index is 10.4. The summed E-state index contributed by atoms with van der Waals surface area (Å²) in [5.41, 5.74) is 4.97. The van der Waals surface area contributed by atoms with Crippen molar-refractivity contribution in [2.45, 2.75) is 44.6 Å². The van der Waals surface area contributed by atoms with Gasteiger partial charge in [0.05, 0.1) is 6.67 Å². The monoisotopic (exact) mass is 256 g/mol. The van der Waals surface area contributed by atoms with Crippen molar-refractivity contribution in [3.05, 3.63) is 0 Å². The van der Waals surface area contributed by atoms with E-state index >= 15 is 0 Å². The lowest BCUT2D eigenvalue weighted by molar-refractivity contribution is 0.133. The van der Waals surface area contributed by atoms with Crippen LogP contribution in [0.15, 0.2) is 0 Å². The predicted octanol–water partition coefficient (Wildman–Crippen LogP) is 1.20.